The average Bonchev–Trinajstić information content (AvgIpc) is 3.53. The molecule has 5 rings (SSSR count). The van der Waals surface area contributed by atoms with E-state index >= 15 is 0 Å². The number of thioether (sulfide) groups is 2. The Kier molecular flexibility index (Phi) is 7.66. The first-order chi connectivity index (χ1) is 18.3. The lowest BCUT2D eigenvalue weighted by atomic mass is 10.0. The Bertz CT molecular complexity index is 1350. The number of carbonyl (C=O) groups is 3. The number of hydrogen-bond acceptors (Lipinski definition) is 13. The zero-order valence-corrected chi connectivity index (χ0v) is 22.5. The number of aryl methyl sites for hydroxylation is 1. The molecule has 2 aromatic rings. The molecule has 0 radical (unpaired) electrons. The molecule has 200 valence electrons. The van der Waals surface area contributed by atoms with Gasteiger partial charge in [-0.05, 0) is 41.3 Å². The molecule has 2 unspecified atom stereocenters. The van der Waals surface area contributed by atoms with Gasteiger partial charge in [0.1, 0.15) is 28.9 Å². The molecular weight excluding hydrogens is 554 g/mol. The number of hydrogen-bond donors (Lipinski definition) is 3. The predicted molar refractivity (Wildman–Crippen MR) is 140 cm³/mol. The van der Waals surface area contributed by atoms with Crippen LogP contribution >= 0.6 is 34.9 Å². The number of amides is 2. The Hall–Kier alpha value is -3.44. The Balaban J connectivity index is 1.31. The summed E-state index contributed by atoms with van der Waals surface area (Å²) in [4.78, 5) is 49.4. The number of aromatic nitrogens is 5. The molecule has 3 aliphatic rings. The number of oxime groups is 1. The lowest BCUT2D eigenvalue weighted by Crippen LogP contribution is -2.71. The predicted octanol–water partition coefficient (Wildman–Crippen LogP) is 0.609. The third-order valence-electron chi connectivity index (χ3n) is 5.96. The quantitative estimate of drug-likeness (QED) is 0.124. The van der Waals surface area contributed by atoms with E-state index in [1.807, 2.05) is 12.2 Å². The van der Waals surface area contributed by atoms with E-state index < -0.39 is 29.2 Å². The number of carboxylic acids is 1. The highest BCUT2D eigenvalue weighted by Gasteiger charge is 2.54. The Labute approximate surface area is 228 Å². The summed E-state index contributed by atoms with van der Waals surface area (Å²) in [6, 6.07) is -0.935. The van der Waals surface area contributed by atoms with Crippen molar-refractivity contribution in [1.29, 1.82) is 0 Å². The molecule has 1 aliphatic carbocycles. The van der Waals surface area contributed by atoms with Crippen molar-refractivity contribution in [2.45, 2.75) is 41.9 Å². The molecule has 38 heavy (non-hydrogen) atoms. The number of nitrogen functional groups attached to an aromatic ring is 1. The van der Waals surface area contributed by atoms with Crippen molar-refractivity contribution in [2.24, 2.45) is 12.2 Å². The molecule has 4 N–H and O–H groups in total. The average molecular weight is 578 g/mol. The van der Waals surface area contributed by atoms with Crippen LogP contribution in [-0.4, -0.2) is 87.7 Å². The second kappa shape index (κ2) is 11.1. The number of allylic oxidation sites excluding steroid dienone is 1. The van der Waals surface area contributed by atoms with Gasteiger partial charge in [-0.2, -0.15) is 0 Å². The number of nitrogens with zero attached hydrogens (tertiary/aromatic N) is 7. The van der Waals surface area contributed by atoms with Gasteiger partial charge in [-0.1, -0.05) is 23.0 Å². The van der Waals surface area contributed by atoms with Gasteiger partial charge in [-0.3, -0.25) is 14.5 Å². The minimum atomic E-state index is -1.21. The highest BCUT2D eigenvalue weighted by Crippen LogP contribution is 2.41. The van der Waals surface area contributed by atoms with Crippen LogP contribution in [0.25, 0.3) is 0 Å². The monoisotopic (exact) mass is 577 g/mol. The fraction of sp³-hybridized carbons (Fsp3) is 0.429. The Morgan fingerprint density at radius 1 is 1.42 bits per heavy atom. The van der Waals surface area contributed by atoms with E-state index in [2.05, 4.69) is 31.0 Å². The number of β-lactam (4-membered cyclic amide) rings is 1. The maximum absolute atomic E-state index is 13.2. The molecule has 2 aliphatic heterocycles. The first-order valence-corrected chi connectivity index (χ1v) is 14.4. The molecule has 1 fully saturated rings. The van der Waals surface area contributed by atoms with Crippen LogP contribution < -0.4 is 11.1 Å². The van der Waals surface area contributed by atoms with E-state index in [-0.39, 0.29) is 28.3 Å². The van der Waals surface area contributed by atoms with Crippen LogP contribution in [0.5, 0.6) is 0 Å². The maximum Gasteiger partial charge on any atom is 0.352 e. The third kappa shape index (κ3) is 5.25. The fourth-order valence-electron chi connectivity index (χ4n) is 4.09. The van der Waals surface area contributed by atoms with Crippen LogP contribution in [0.3, 0.4) is 0 Å². The summed E-state index contributed by atoms with van der Waals surface area (Å²) < 4.78 is 1.48. The van der Waals surface area contributed by atoms with Gasteiger partial charge in [-0.25, -0.2) is 14.5 Å². The van der Waals surface area contributed by atoms with E-state index in [4.69, 9.17) is 10.6 Å². The zero-order chi connectivity index (χ0) is 26.8. The van der Waals surface area contributed by atoms with E-state index in [1.165, 1.54) is 33.1 Å². The van der Waals surface area contributed by atoms with Crippen LogP contribution in [0.15, 0.2) is 39.1 Å². The van der Waals surface area contributed by atoms with Gasteiger partial charge in [0.05, 0.1) is 0 Å². The standard InChI is InChI=1S/C21H23N9O5S3/c1-29-21(25-27-28-29)38-8-10-7-36-18-14(17(32)30(18)15(10)19(33)34)24-16(31)13(12-9-37-20(22)23-12)26-35-11-5-3-2-4-6-11/h3,5,9,11,14,18H,2,4,6-8H2,1H3,(H2,22,23)(H,24,31)(H,33,34)/b26-13-/t11?,14?,18-/m1/s1. The van der Waals surface area contributed by atoms with Crippen molar-refractivity contribution in [3.05, 3.63) is 34.5 Å². The molecule has 0 aromatic carbocycles. The van der Waals surface area contributed by atoms with E-state index in [0.29, 0.717) is 22.2 Å². The molecule has 17 heteroatoms. The third-order valence-corrected chi connectivity index (χ3v) is 9.07. The normalized spacial score (nSPS) is 23.2. The number of rotatable bonds is 9. The summed E-state index contributed by atoms with van der Waals surface area (Å²) in [5, 5.41) is 29.7. The van der Waals surface area contributed by atoms with Crippen LogP contribution in [0.1, 0.15) is 25.0 Å². The second-order valence-corrected chi connectivity index (χ2v) is 11.4. The lowest BCUT2D eigenvalue weighted by Gasteiger charge is -2.49. The van der Waals surface area contributed by atoms with Crippen molar-refractivity contribution in [2.75, 3.05) is 17.2 Å². The number of thiazole rings is 1. The van der Waals surface area contributed by atoms with Crippen LogP contribution in [0.2, 0.25) is 0 Å². The fourth-order valence-corrected chi connectivity index (χ4v) is 6.97. The number of aliphatic carboxylic acids is 1. The number of carbonyl (C=O) groups excluding carboxylic acids is 2. The summed E-state index contributed by atoms with van der Waals surface area (Å²) in [6.45, 7) is 0. The lowest BCUT2D eigenvalue weighted by molar-refractivity contribution is -0.150. The van der Waals surface area contributed by atoms with Crippen LogP contribution in [0.4, 0.5) is 5.13 Å². The van der Waals surface area contributed by atoms with Crippen LogP contribution in [-0.2, 0) is 26.3 Å². The van der Waals surface area contributed by atoms with Crippen molar-refractivity contribution >= 4 is 63.5 Å². The van der Waals surface area contributed by atoms with Gasteiger partial charge in [0, 0.05) is 23.9 Å². The molecule has 4 heterocycles. The van der Waals surface area contributed by atoms with E-state index in [0.717, 1.165) is 30.6 Å². The molecule has 0 saturated carbocycles. The number of carboxylic acid groups (broad SMARTS) is 1. The van der Waals surface area contributed by atoms with Gasteiger partial charge in [0.15, 0.2) is 10.8 Å². The zero-order valence-electron chi connectivity index (χ0n) is 20.0. The highest BCUT2D eigenvalue weighted by molar-refractivity contribution is 8.01. The summed E-state index contributed by atoms with van der Waals surface area (Å²) >= 11 is 3.79. The molecular formula is C21H23N9O5S3. The first-order valence-electron chi connectivity index (χ1n) is 11.5. The molecule has 2 amide bonds. The van der Waals surface area contributed by atoms with Crippen molar-refractivity contribution in [3.63, 3.8) is 0 Å². The van der Waals surface area contributed by atoms with Gasteiger partial charge in [0.2, 0.25) is 5.16 Å². The van der Waals surface area contributed by atoms with E-state index in [9.17, 15) is 19.5 Å². The van der Waals surface area contributed by atoms with E-state index in [1.54, 1.807) is 12.4 Å². The topological polar surface area (TPSA) is 191 Å². The summed E-state index contributed by atoms with van der Waals surface area (Å²) in [5.41, 5.74) is 6.37. The Morgan fingerprint density at radius 3 is 2.92 bits per heavy atom. The van der Waals surface area contributed by atoms with Gasteiger partial charge >= 0.3 is 5.97 Å². The summed E-state index contributed by atoms with van der Waals surface area (Å²) in [5.74, 6) is -1.74. The number of tetrazole rings is 1. The minimum absolute atomic E-state index is 0.0829. The number of anilines is 1. The molecule has 0 spiro atoms. The van der Waals surface area contributed by atoms with Gasteiger partial charge in [-0.15, -0.1) is 28.2 Å². The summed E-state index contributed by atoms with van der Waals surface area (Å²) in [7, 11) is 1.68. The summed E-state index contributed by atoms with van der Waals surface area (Å²) in [6.07, 6.45) is 6.29. The number of fused-ring (bicyclic) bond motifs is 1. The molecule has 2 aromatic heterocycles. The number of nitrogens with two attached hydrogens (primary N) is 1. The minimum Gasteiger partial charge on any atom is -0.477 e. The molecule has 3 atom stereocenters. The maximum atomic E-state index is 13.2. The largest absolute Gasteiger partial charge is 0.477 e. The Morgan fingerprint density at radius 2 is 2.26 bits per heavy atom. The molecule has 1 saturated heterocycles. The highest BCUT2D eigenvalue weighted by atomic mass is 32.2. The van der Waals surface area contributed by atoms with Gasteiger partial charge in [0.25, 0.3) is 11.8 Å². The molecule has 14 nitrogen and oxygen atoms in total. The van der Waals surface area contributed by atoms with Crippen molar-refractivity contribution < 1.29 is 24.3 Å². The van der Waals surface area contributed by atoms with Gasteiger partial charge < -0.3 is 21.0 Å². The second-order valence-electron chi connectivity index (χ2n) is 8.51. The van der Waals surface area contributed by atoms with Crippen molar-refractivity contribution in [1.82, 2.24) is 35.4 Å². The molecule has 0 bridgehead atoms. The smallest absolute Gasteiger partial charge is 0.352 e. The van der Waals surface area contributed by atoms with Crippen molar-refractivity contribution in [3.8, 4) is 0 Å². The SMILES string of the molecule is Cn1nnnc1SCC1=C(C(=O)O)N2C(=O)C(NC(=O)/C(=N\OC3C=CCCC3)c3csc(N)n3)[C@H]2SC1. The van der Waals surface area contributed by atoms with Crippen LogP contribution in [0, 0.1) is 0 Å². The first kappa shape index (κ1) is 26.2. The number of nitrogens with one attached hydrogen (secondary N) is 1.